The summed E-state index contributed by atoms with van der Waals surface area (Å²) in [4.78, 5) is 7.07. The molecule has 2 atom stereocenters. The standard InChI is InChI=1S/C15H21BrN2/c1-11-6-8-17-15(14(11)16)18-9-7-12-4-2-3-5-13(12)10-18/h6,8,12-13H,2-5,7,9-10H2,1H3. The third-order valence-corrected chi connectivity index (χ3v) is 5.63. The molecule has 1 aliphatic carbocycles. The van der Waals surface area contributed by atoms with Crippen molar-refractivity contribution in [1.29, 1.82) is 0 Å². The first-order valence-electron chi connectivity index (χ1n) is 7.12. The Labute approximate surface area is 118 Å². The molecule has 0 aromatic carbocycles. The minimum atomic E-state index is 0.904. The Bertz CT molecular complexity index is 433. The van der Waals surface area contributed by atoms with Crippen LogP contribution in [0.3, 0.4) is 0 Å². The maximum absolute atomic E-state index is 4.58. The Morgan fingerprint density at radius 1 is 1.22 bits per heavy atom. The predicted molar refractivity (Wildman–Crippen MR) is 79.0 cm³/mol. The van der Waals surface area contributed by atoms with E-state index in [0.717, 1.165) is 17.7 Å². The second-order valence-corrected chi connectivity index (χ2v) is 6.60. The van der Waals surface area contributed by atoms with Crippen LogP contribution in [0.25, 0.3) is 0 Å². The highest BCUT2D eigenvalue weighted by Crippen LogP contribution is 2.38. The van der Waals surface area contributed by atoms with Gasteiger partial charge in [-0.25, -0.2) is 4.98 Å². The van der Waals surface area contributed by atoms with Gasteiger partial charge < -0.3 is 4.90 Å². The summed E-state index contributed by atoms with van der Waals surface area (Å²) in [5.41, 5.74) is 1.28. The van der Waals surface area contributed by atoms with Gasteiger partial charge in [0.1, 0.15) is 5.82 Å². The molecule has 1 aliphatic heterocycles. The Morgan fingerprint density at radius 3 is 2.83 bits per heavy atom. The number of piperidine rings is 1. The monoisotopic (exact) mass is 308 g/mol. The molecule has 0 radical (unpaired) electrons. The van der Waals surface area contributed by atoms with Crippen LogP contribution in [0, 0.1) is 18.8 Å². The van der Waals surface area contributed by atoms with E-state index in [2.05, 4.69) is 38.8 Å². The minimum absolute atomic E-state index is 0.904. The molecule has 2 heterocycles. The highest BCUT2D eigenvalue weighted by molar-refractivity contribution is 9.10. The number of aromatic nitrogens is 1. The Morgan fingerprint density at radius 2 is 2.00 bits per heavy atom. The van der Waals surface area contributed by atoms with Gasteiger partial charge in [-0.2, -0.15) is 0 Å². The van der Waals surface area contributed by atoms with E-state index in [9.17, 15) is 0 Å². The van der Waals surface area contributed by atoms with Gasteiger partial charge in [0.2, 0.25) is 0 Å². The van der Waals surface area contributed by atoms with Crippen molar-refractivity contribution in [2.75, 3.05) is 18.0 Å². The Hall–Kier alpha value is -0.570. The van der Waals surface area contributed by atoms with Gasteiger partial charge in [-0.3, -0.25) is 0 Å². The largest absolute Gasteiger partial charge is 0.355 e. The van der Waals surface area contributed by atoms with Crippen molar-refractivity contribution in [3.63, 3.8) is 0 Å². The summed E-state index contributed by atoms with van der Waals surface area (Å²) < 4.78 is 1.18. The molecule has 0 amide bonds. The Kier molecular flexibility index (Phi) is 3.60. The smallest absolute Gasteiger partial charge is 0.143 e. The van der Waals surface area contributed by atoms with Gasteiger partial charge in [-0.1, -0.05) is 19.3 Å². The summed E-state index contributed by atoms with van der Waals surface area (Å²) >= 11 is 3.70. The molecule has 3 rings (SSSR count). The average Bonchev–Trinajstić information content (AvgIpc) is 2.41. The van der Waals surface area contributed by atoms with Crippen LogP contribution in [0.1, 0.15) is 37.7 Å². The van der Waals surface area contributed by atoms with Crippen molar-refractivity contribution in [2.24, 2.45) is 11.8 Å². The van der Waals surface area contributed by atoms with Crippen LogP contribution in [0.5, 0.6) is 0 Å². The molecule has 98 valence electrons. The van der Waals surface area contributed by atoms with Gasteiger partial charge in [0.05, 0.1) is 4.47 Å². The lowest BCUT2D eigenvalue weighted by atomic mass is 9.75. The summed E-state index contributed by atoms with van der Waals surface area (Å²) in [6, 6.07) is 2.07. The van der Waals surface area contributed by atoms with Gasteiger partial charge in [-0.15, -0.1) is 0 Å². The molecule has 18 heavy (non-hydrogen) atoms. The molecule has 2 aliphatic rings. The van der Waals surface area contributed by atoms with Crippen LogP contribution in [0.15, 0.2) is 16.7 Å². The molecule has 3 heteroatoms. The number of pyridine rings is 1. The molecule has 2 nitrogen and oxygen atoms in total. The maximum Gasteiger partial charge on any atom is 0.143 e. The van der Waals surface area contributed by atoms with Gasteiger partial charge in [0.15, 0.2) is 0 Å². The van der Waals surface area contributed by atoms with Gasteiger partial charge >= 0.3 is 0 Å². The number of fused-ring (bicyclic) bond motifs is 1. The van der Waals surface area contributed by atoms with Crippen LogP contribution < -0.4 is 4.90 Å². The van der Waals surface area contributed by atoms with Crippen molar-refractivity contribution in [3.05, 3.63) is 22.3 Å². The van der Waals surface area contributed by atoms with Crippen LogP contribution in [-0.4, -0.2) is 18.1 Å². The second kappa shape index (κ2) is 5.20. The lowest BCUT2D eigenvalue weighted by molar-refractivity contribution is 0.202. The van der Waals surface area contributed by atoms with E-state index in [4.69, 9.17) is 0 Å². The van der Waals surface area contributed by atoms with E-state index in [1.807, 2.05) is 6.20 Å². The van der Waals surface area contributed by atoms with Crippen LogP contribution in [0.2, 0.25) is 0 Å². The van der Waals surface area contributed by atoms with Crippen molar-refractivity contribution in [3.8, 4) is 0 Å². The van der Waals surface area contributed by atoms with Crippen LogP contribution in [0.4, 0.5) is 5.82 Å². The number of hydrogen-bond donors (Lipinski definition) is 0. The van der Waals surface area contributed by atoms with E-state index in [0.29, 0.717) is 0 Å². The zero-order chi connectivity index (χ0) is 12.5. The quantitative estimate of drug-likeness (QED) is 0.774. The van der Waals surface area contributed by atoms with E-state index < -0.39 is 0 Å². The third-order valence-electron chi connectivity index (χ3n) is 4.65. The van der Waals surface area contributed by atoms with E-state index in [1.165, 1.54) is 55.2 Å². The SMILES string of the molecule is Cc1ccnc(N2CCC3CCCCC3C2)c1Br. The second-order valence-electron chi connectivity index (χ2n) is 5.80. The first-order chi connectivity index (χ1) is 8.75. The first kappa shape index (κ1) is 12.5. The molecule has 1 aromatic rings. The summed E-state index contributed by atoms with van der Waals surface area (Å²) in [6.07, 6.45) is 9.05. The van der Waals surface area contributed by atoms with Crippen molar-refractivity contribution in [1.82, 2.24) is 4.98 Å². The number of halogens is 1. The molecule has 1 saturated heterocycles. The van der Waals surface area contributed by atoms with Gasteiger partial charge in [0.25, 0.3) is 0 Å². The lowest BCUT2D eigenvalue weighted by Crippen LogP contribution is -2.42. The Balaban J connectivity index is 1.79. The number of anilines is 1. The molecule has 1 aromatic heterocycles. The summed E-state index contributed by atoms with van der Waals surface area (Å²) in [5.74, 6) is 3.04. The molecule has 1 saturated carbocycles. The molecular formula is C15H21BrN2. The van der Waals surface area contributed by atoms with Crippen LogP contribution >= 0.6 is 15.9 Å². The molecular weight excluding hydrogens is 288 g/mol. The lowest BCUT2D eigenvalue weighted by Gasteiger charge is -2.42. The fourth-order valence-corrected chi connectivity index (χ4v) is 4.02. The van der Waals surface area contributed by atoms with Crippen molar-refractivity contribution in [2.45, 2.75) is 39.0 Å². The highest BCUT2D eigenvalue weighted by atomic mass is 79.9. The number of aryl methyl sites for hydroxylation is 1. The summed E-state index contributed by atoms with van der Waals surface area (Å²) in [6.45, 7) is 4.53. The molecule has 2 unspecified atom stereocenters. The van der Waals surface area contributed by atoms with E-state index >= 15 is 0 Å². The fourth-order valence-electron chi connectivity index (χ4n) is 3.54. The molecule has 2 fully saturated rings. The number of hydrogen-bond acceptors (Lipinski definition) is 2. The van der Waals surface area contributed by atoms with Gasteiger partial charge in [-0.05, 0) is 59.2 Å². The minimum Gasteiger partial charge on any atom is -0.355 e. The first-order valence-corrected chi connectivity index (χ1v) is 7.91. The van der Waals surface area contributed by atoms with Crippen LogP contribution in [-0.2, 0) is 0 Å². The fraction of sp³-hybridized carbons (Fsp3) is 0.667. The zero-order valence-electron chi connectivity index (χ0n) is 11.0. The molecule has 0 N–H and O–H groups in total. The summed E-state index contributed by atoms with van der Waals surface area (Å²) in [5, 5.41) is 0. The predicted octanol–water partition coefficient (Wildman–Crippen LogP) is 4.17. The van der Waals surface area contributed by atoms with Gasteiger partial charge in [0, 0.05) is 19.3 Å². The molecule has 0 spiro atoms. The normalized spacial score (nSPS) is 28.0. The number of nitrogens with zero attached hydrogens (tertiary/aromatic N) is 2. The molecule has 0 bridgehead atoms. The maximum atomic E-state index is 4.58. The van der Waals surface area contributed by atoms with Crippen molar-refractivity contribution >= 4 is 21.7 Å². The van der Waals surface area contributed by atoms with E-state index in [1.54, 1.807) is 0 Å². The topological polar surface area (TPSA) is 16.1 Å². The highest BCUT2D eigenvalue weighted by Gasteiger charge is 2.32. The van der Waals surface area contributed by atoms with E-state index in [-0.39, 0.29) is 0 Å². The zero-order valence-corrected chi connectivity index (χ0v) is 12.6. The summed E-state index contributed by atoms with van der Waals surface area (Å²) in [7, 11) is 0. The van der Waals surface area contributed by atoms with Crippen molar-refractivity contribution < 1.29 is 0 Å². The average molecular weight is 309 g/mol. The number of rotatable bonds is 1. The third kappa shape index (κ3) is 2.29.